The van der Waals surface area contributed by atoms with Crippen molar-refractivity contribution in [2.75, 3.05) is 6.61 Å². The molecule has 84 valence electrons. The van der Waals surface area contributed by atoms with Gasteiger partial charge in [-0.3, -0.25) is 0 Å². The van der Waals surface area contributed by atoms with E-state index in [9.17, 15) is 0 Å². The SMILES string of the molecule is CC[C@H](CO)N[C@H]1CCCC(C)(C)C1. The number of rotatable bonds is 4. The molecule has 2 atom stereocenters. The monoisotopic (exact) mass is 199 g/mol. The van der Waals surface area contributed by atoms with Crippen LogP contribution in [-0.4, -0.2) is 23.8 Å². The average Bonchev–Trinajstić information content (AvgIpc) is 2.12. The van der Waals surface area contributed by atoms with E-state index < -0.39 is 0 Å². The Balaban J connectivity index is 2.37. The highest BCUT2D eigenvalue weighted by Crippen LogP contribution is 2.35. The van der Waals surface area contributed by atoms with Gasteiger partial charge in [0.25, 0.3) is 0 Å². The molecular formula is C12H25NO. The maximum atomic E-state index is 9.12. The molecule has 0 spiro atoms. The van der Waals surface area contributed by atoms with Gasteiger partial charge in [-0.15, -0.1) is 0 Å². The molecular weight excluding hydrogens is 174 g/mol. The summed E-state index contributed by atoms with van der Waals surface area (Å²) in [7, 11) is 0. The zero-order valence-corrected chi connectivity index (χ0v) is 9.84. The van der Waals surface area contributed by atoms with E-state index in [0.29, 0.717) is 17.5 Å². The first kappa shape index (κ1) is 12.0. The molecule has 0 radical (unpaired) electrons. The highest BCUT2D eigenvalue weighted by Gasteiger charge is 2.28. The van der Waals surface area contributed by atoms with Crippen LogP contribution in [-0.2, 0) is 0 Å². The largest absolute Gasteiger partial charge is 0.395 e. The summed E-state index contributed by atoms with van der Waals surface area (Å²) in [6.45, 7) is 7.09. The van der Waals surface area contributed by atoms with E-state index in [2.05, 4.69) is 26.1 Å². The van der Waals surface area contributed by atoms with Gasteiger partial charge in [0.05, 0.1) is 6.61 Å². The van der Waals surface area contributed by atoms with Gasteiger partial charge in [0.2, 0.25) is 0 Å². The Morgan fingerprint density at radius 2 is 2.21 bits per heavy atom. The summed E-state index contributed by atoms with van der Waals surface area (Å²) in [6.07, 6.45) is 6.23. The van der Waals surface area contributed by atoms with E-state index in [1.54, 1.807) is 0 Å². The number of nitrogens with one attached hydrogen (secondary N) is 1. The minimum Gasteiger partial charge on any atom is -0.395 e. The fourth-order valence-corrected chi connectivity index (χ4v) is 2.47. The van der Waals surface area contributed by atoms with Crippen LogP contribution in [0.3, 0.4) is 0 Å². The van der Waals surface area contributed by atoms with Crippen LogP contribution in [0.15, 0.2) is 0 Å². The third kappa shape index (κ3) is 3.58. The van der Waals surface area contributed by atoms with E-state index in [1.165, 1.54) is 25.7 Å². The predicted octanol–water partition coefficient (Wildman–Crippen LogP) is 2.32. The van der Waals surface area contributed by atoms with E-state index in [4.69, 9.17) is 5.11 Å². The van der Waals surface area contributed by atoms with Gasteiger partial charge in [0, 0.05) is 12.1 Å². The van der Waals surface area contributed by atoms with Crippen molar-refractivity contribution in [3.8, 4) is 0 Å². The Morgan fingerprint density at radius 3 is 2.71 bits per heavy atom. The molecule has 2 N–H and O–H groups in total. The molecule has 0 heterocycles. The molecule has 0 aromatic heterocycles. The van der Waals surface area contributed by atoms with E-state index in [0.717, 1.165) is 6.42 Å². The van der Waals surface area contributed by atoms with Gasteiger partial charge in [-0.25, -0.2) is 0 Å². The molecule has 2 heteroatoms. The number of hydrogen-bond donors (Lipinski definition) is 2. The first-order chi connectivity index (χ1) is 6.57. The molecule has 0 bridgehead atoms. The predicted molar refractivity (Wildman–Crippen MR) is 60.3 cm³/mol. The van der Waals surface area contributed by atoms with E-state index in [-0.39, 0.29) is 6.61 Å². The lowest BCUT2D eigenvalue weighted by Gasteiger charge is -2.37. The summed E-state index contributed by atoms with van der Waals surface area (Å²) in [4.78, 5) is 0. The normalized spacial score (nSPS) is 28.7. The Morgan fingerprint density at radius 1 is 1.50 bits per heavy atom. The van der Waals surface area contributed by atoms with Gasteiger partial charge in [0.1, 0.15) is 0 Å². The summed E-state index contributed by atoms with van der Waals surface area (Å²) in [5.41, 5.74) is 0.490. The highest BCUT2D eigenvalue weighted by atomic mass is 16.3. The van der Waals surface area contributed by atoms with Crippen LogP contribution in [0.2, 0.25) is 0 Å². The van der Waals surface area contributed by atoms with E-state index in [1.807, 2.05) is 0 Å². The van der Waals surface area contributed by atoms with Crippen LogP contribution in [0.25, 0.3) is 0 Å². The van der Waals surface area contributed by atoms with Gasteiger partial charge < -0.3 is 10.4 Å². The summed E-state index contributed by atoms with van der Waals surface area (Å²) in [5.74, 6) is 0. The molecule has 1 saturated carbocycles. The average molecular weight is 199 g/mol. The van der Waals surface area contributed by atoms with Crippen molar-refractivity contribution in [2.45, 2.75) is 65.0 Å². The van der Waals surface area contributed by atoms with Gasteiger partial charge in [-0.1, -0.05) is 27.2 Å². The van der Waals surface area contributed by atoms with Gasteiger partial charge in [-0.05, 0) is 31.1 Å². The third-order valence-corrected chi connectivity index (χ3v) is 3.39. The second-order valence-electron chi connectivity index (χ2n) is 5.41. The van der Waals surface area contributed by atoms with Gasteiger partial charge >= 0.3 is 0 Å². The standard InChI is InChI=1S/C12H25NO/c1-4-10(9-14)13-11-6-5-7-12(2,3)8-11/h10-11,13-14H,4-9H2,1-3H3/t10-,11+/m1/s1. The number of hydrogen-bond acceptors (Lipinski definition) is 2. The molecule has 1 rings (SSSR count). The number of aliphatic hydroxyl groups is 1. The lowest BCUT2D eigenvalue weighted by Crippen LogP contribution is -2.44. The van der Waals surface area contributed by atoms with Crippen LogP contribution >= 0.6 is 0 Å². The summed E-state index contributed by atoms with van der Waals surface area (Å²) in [5, 5.41) is 12.7. The zero-order valence-electron chi connectivity index (χ0n) is 9.84. The molecule has 0 aromatic rings. The molecule has 0 saturated heterocycles. The first-order valence-corrected chi connectivity index (χ1v) is 5.94. The Labute approximate surface area is 88.1 Å². The summed E-state index contributed by atoms with van der Waals surface area (Å²) in [6, 6.07) is 0.921. The fraction of sp³-hybridized carbons (Fsp3) is 1.00. The second kappa shape index (κ2) is 5.13. The molecule has 14 heavy (non-hydrogen) atoms. The quantitative estimate of drug-likeness (QED) is 0.728. The van der Waals surface area contributed by atoms with Crippen molar-refractivity contribution in [3.63, 3.8) is 0 Å². The van der Waals surface area contributed by atoms with Crippen molar-refractivity contribution in [3.05, 3.63) is 0 Å². The van der Waals surface area contributed by atoms with Crippen molar-refractivity contribution >= 4 is 0 Å². The van der Waals surface area contributed by atoms with E-state index >= 15 is 0 Å². The van der Waals surface area contributed by atoms with Gasteiger partial charge in [0.15, 0.2) is 0 Å². The van der Waals surface area contributed by atoms with Crippen molar-refractivity contribution in [1.82, 2.24) is 5.32 Å². The van der Waals surface area contributed by atoms with Crippen LogP contribution in [0.4, 0.5) is 0 Å². The molecule has 1 aliphatic rings. The lowest BCUT2D eigenvalue weighted by atomic mass is 9.75. The Hall–Kier alpha value is -0.0800. The smallest absolute Gasteiger partial charge is 0.0584 e. The molecule has 0 aromatic carbocycles. The van der Waals surface area contributed by atoms with Crippen molar-refractivity contribution in [1.29, 1.82) is 0 Å². The van der Waals surface area contributed by atoms with Crippen LogP contribution in [0.5, 0.6) is 0 Å². The minimum absolute atomic E-state index is 0.271. The van der Waals surface area contributed by atoms with Gasteiger partial charge in [-0.2, -0.15) is 0 Å². The Bertz CT molecular complexity index is 164. The van der Waals surface area contributed by atoms with Crippen LogP contribution < -0.4 is 5.32 Å². The topological polar surface area (TPSA) is 32.3 Å². The molecule has 0 amide bonds. The summed E-state index contributed by atoms with van der Waals surface area (Å²) >= 11 is 0. The maximum Gasteiger partial charge on any atom is 0.0584 e. The first-order valence-electron chi connectivity index (χ1n) is 5.94. The fourth-order valence-electron chi connectivity index (χ4n) is 2.47. The van der Waals surface area contributed by atoms with Crippen LogP contribution in [0.1, 0.15) is 52.9 Å². The number of aliphatic hydroxyl groups excluding tert-OH is 1. The summed E-state index contributed by atoms with van der Waals surface area (Å²) < 4.78 is 0. The minimum atomic E-state index is 0.271. The van der Waals surface area contributed by atoms with Crippen molar-refractivity contribution < 1.29 is 5.11 Å². The molecule has 0 unspecified atom stereocenters. The molecule has 2 nitrogen and oxygen atoms in total. The van der Waals surface area contributed by atoms with Crippen LogP contribution in [0, 0.1) is 5.41 Å². The Kier molecular flexibility index (Phi) is 4.39. The zero-order chi connectivity index (χ0) is 10.6. The molecule has 0 aliphatic heterocycles. The maximum absolute atomic E-state index is 9.12. The molecule has 1 fully saturated rings. The highest BCUT2D eigenvalue weighted by molar-refractivity contribution is 4.85. The molecule has 1 aliphatic carbocycles. The van der Waals surface area contributed by atoms with Crippen molar-refractivity contribution in [2.24, 2.45) is 5.41 Å². The second-order valence-corrected chi connectivity index (χ2v) is 5.41. The lowest BCUT2D eigenvalue weighted by molar-refractivity contribution is 0.164. The third-order valence-electron chi connectivity index (χ3n) is 3.39.